The van der Waals surface area contributed by atoms with Crippen LogP contribution in [-0.2, 0) is 16.1 Å². The largest absolute Gasteiger partial charge is 0.369 e. The summed E-state index contributed by atoms with van der Waals surface area (Å²) < 4.78 is 0. The first-order valence-corrected chi connectivity index (χ1v) is 12.5. The van der Waals surface area contributed by atoms with Crippen LogP contribution in [0.4, 0.5) is 0 Å². The molecule has 3 N–H and O–H groups in total. The summed E-state index contributed by atoms with van der Waals surface area (Å²) in [7, 11) is 0. The molecule has 1 heterocycles. The molecule has 0 radical (unpaired) electrons. The van der Waals surface area contributed by atoms with Gasteiger partial charge in [0.2, 0.25) is 11.8 Å². The van der Waals surface area contributed by atoms with Gasteiger partial charge >= 0.3 is 0 Å². The van der Waals surface area contributed by atoms with E-state index in [-0.39, 0.29) is 28.5 Å². The third-order valence-electron chi connectivity index (χ3n) is 7.84. The number of benzene rings is 1. The van der Waals surface area contributed by atoms with Crippen molar-refractivity contribution in [2.75, 3.05) is 18.8 Å². The van der Waals surface area contributed by atoms with Crippen LogP contribution in [0.15, 0.2) is 24.3 Å². The van der Waals surface area contributed by atoms with Crippen LogP contribution in [0.2, 0.25) is 5.02 Å². The summed E-state index contributed by atoms with van der Waals surface area (Å²) in [4.78, 5) is 27.7. The first-order valence-electron chi connectivity index (χ1n) is 11.1. The first-order chi connectivity index (χ1) is 14.4. The minimum atomic E-state index is -0.301. The number of nitrogens with one attached hydrogen (secondary N) is 1. The molecule has 7 heteroatoms. The van der Waals surface area contributed by atoms with E-state index >= 15 is 0 Å². The summed E-state index contributed by atoms with van der Waals surface area (Å²) >= 11 is 7.89. The molecule has 5 fully saturated rings. The lowest BCUT2D eigenvalue weighted by molar-refractivity contribution is -0.147. The molecule has 4 saturated carbocycles. The lowest BCUT2D eigenvalue weighted by Crippen LogP contribution is -2.63. The highest BCUT2D eigenvalue weighted by atomic mass is 35.5. The zero-order chi connectivity index (χ0) is 20.9. The summed E-state index contributed by atoms with van der Waals surface area (Å²) in [5.41, 5.74) is 6.69. The Morgan fingerprint density at radius 3 is 2.70 bits per heavy atom. The lowest BCUT2D eigenvalue weighted by atomic mass is 9.47. The molecular formula is C23H30ClN3O2S. The summed E-state index contributed by atoms with van der Waals surface area (Å²) in [5, 5.41) is 4.13. The van der Waals surface area contributed by atoms with E-state index in [0.29, 0.717) is 17.8 Å². The standard InChI is InChI=1S/C23H30ClN3O2S/c24-18-3-1-2-14(8-18)12-27-4-5-30-19(13-27)21(28)26-20-16-6-15-7-17(20)11-23(9-15,10-16)22(25)29/h1-3,8,15-17,19-20H,4-7,9-13H2,(H2,25,29)(H,26,28). The van der Waals surface area contributed by atoms with Crippen molar-refractivity contribution in [1.82, 2.24) is 10.2 Å². The van der Waals surface area contributed by atoms with Gasteiger partial charge in [-0.15, -0.1) is 11.8 Å². The third kappa shape index (κ3) is 3.87. The van der Waals surface area contributed by atoms with E-state index in [9.17, 15) is 9.59 Å². The van der Waals surface area contributed by atoms with Gasteiger partial charge in [0.05, 0.1) is 5.25 Å². The monoisotopic (exact) mass is 447 g/mol. The molecule has 30 heavy (non-hydrogen) atoms. The molecule has 1 saturated heterocycles. The van der Waals surface area contributed by atoms with Crippen LogP contribution < -0.4 is 11.1 Å². The number of hydrogen-bond donors (Lipinski definition) is 2. The van der Waals surface area contributed by atoms with Crippen LogP contribution in [0.5, 0.6) is 0 Å². The van der Waals surface area contributed by atoms with E-state index in [0.717, 1.165) is 62.5 Å². The Hall–Kier alpha value is -1.24. The van der Waals surface area contributed by atoms with E-state index in [1.165, 1.54) is 5.56 Å². The van der Waals surface area contributed by atoms with Crippen molar-refractivity contribution in [1.29, 1.82) is 0 Å². The van der Waals surface area contributed by atoms with Crippen LogP contribution in [0, 0.1) is 23.2 Å². The quantitative estimate of drug-likeness (QED) is 0.727. The van der Waals surface area contributed by atoms with E-state index in [4.69, 9.17) is 17.3 Å². The van der Waals surface area contributed by atoms with E-state index in [2.05, 4.69) is 16.3 Å². The maximum atomic E-state index is 13.2. The number of nitrogens with two attached hydrogens (primary N) is 1. The van der Waals surface area contributed by atoms with Crippen LogP contribution in [-0.4, -0.2) is 46.8 Å². The van der Waals surface area contributed by atoms with Crippen LogP contribution in [0.25, 0.3) is 0 Å². The highest BCUT2D eigenvalue weighted by molar-refractivity contribution is 8.00. The molecule has 5 aliphatic rings. The number of thioether (sulfide) groups is 1. The van der Waals surface area contributed by atoms with Gasteiger partial charge in [-0.3, -0.25) is 14.5 Å². The second-order valence-corrected chi connectivity index (χ2v) is 11.6. The lowest BCUT2D eigenvalue weighted by Gasteiger charge is -2.59. The summed E-state index contributed by atoms with van der Waals surface area (Å²) in [6, 6.07) is 8.17. The Labute approximate surface area is 187 Å². The van der Waals surface area contributed by atoms with Gasteiger partial charge in [-0.05, 0) is 67.6 Å². The summed E-state index contributed by atoms with van der Waals surface area (Å²) in [6.45, 7) is 2.57. The fourth-order valence-corrected chi connectivity index (χ4v) is 8.11. The van der Waals surface area contributed by atoms with Gasteiger partial charge < -0.3 is 11.1 Å². The average Bonchev–Trinajstić information content (AvgIpc) is 2.70. The zero-order valence-electron chi connectivity index (χ0n) is 17.2. The first kappa shape index (κ1) is 20.7. The van der Waals surface area contributed by atoms with Crippen LogP contribution in [0.1, 0.15) is 37.7 Å². The van der Waals surface area contributed by atoms with Crippen molar-refractivity contribution in [3.8, 4) is 0 Å². The predicted octanol–water partition coefficient (Wildman–Crippen LogP) is 3.05. The number of hydrogen-bond acceptors (Lipinski definition) is 4. The summed E-state index contributed by atoms with van der Waals surface area (Å²) in [6.07, 6.45) is 4.95. The van der Waals surface area contributed by atoms with E-state index in [1.807, 2.05) is 18.2 Å². The van der Waals surface area contributed by atoms with Crippen molar-refractivity contribution < 1.29 is 9.59 Å². The molecule has 2 amide bonds. The molecule has 1 aromatic rings. The number of primary amides is 1. The number of amides is 2. The highest BCUT2D eigenvalue weighted by Gasteiger charge is 2.58. The molecule has 162 valence electrons. The van der Waals surface area contributed by atoms with Crippen molar-refractivity contribution >= 4 is 35.2 Å². The Morgan fingerprint density at radius 1 is 1.23 bits per heavy atom. The second-order valence-electron chi connectivity index (χ2n) is 9.87. The number of nitrogens with zero attached hydrogens (tertiary/aromatic N) is 1. The Balaban J connectivity index is 1.21. The Morgan fingerprint density at radius 2 is 2.00 bits per heavy atom. The highest BCUT2D eigenvalue weighted by Crippen LogP contribution is 2.59. The number of carbonyl (C=O) groups excluding carboxylic acids is 2. The summed E-state index contributed by atoms with van der Waals surface area (Å²) in [5.74, 6) is 2.43. The van der Waals surface area contributed by atoms with Gasteiger partial charge in [-0.2, -0.15) is 0 Å². The normalized spacial score (nSPS) is 37.8. The van der Waals surface area contributed by atoms with Gasteiger partial charge in [0, 0.05) is 41.9 Å². The van der Waals surface area contributed by atoms with Crippen molar-refractivity contribution in [2.45, 2.75) is 49.9 Å². The van der Waals surface area contributed by atoms with Gasteiger partial charge in [-0.1, -0.05) is 23.7 Å². The maximum Gasteiger partial charge on any atom is 0.234 e. The Bertz CT molecular complexity index is 833. The molecule has 3 atom stereocenters. The van der Waals surface area contributed by atoms with Gasteiger partial charge in [0.1, 0.15) is 0 Å². The molecule has 0 spiro atoms. The van der Waals surface area contributed by atoms with Gasteiger partial charge in [-0.25, -0.2) is 0 Å². The minimum Gasteiger partial charge on any atom is -0.369 e. The molecule has 6 rings (SSSR count). The number of rotatable bonds is 5. The SMILES string of the molecule is NC(=O)C12CC3CC(C1)C(NC(=O)C1CN(Cc4cccc(Cl)c4)CCS1)C(C3)C2. The van der Waals surface area contributed by atoms with Crippen LogP contribution in [0.3, 0.4) is 0 Å². The molecule has 3 unspecified atom stereocenters. The van der Waals surface area contributed by atoms with E-state index < -0.39 is 0 Å². The van der Waals surface area contributed by atoms with Gasteiger partial charge in [0.15, 0.2) is 0 Å². The zero-order valence-corrected chi connectivity index (χ0v) is 18.8. The third-order valence-corrected chi connectivity index (χ3v) is 9.26. The maximum absolute atomic E-state index is 13.2. The van der Waals surface area contributed by atoms with E-state index in [1.54, 1.807) is 11.8 Å². The fourth-order valence-electron chi connectivity index (χ4n) is 6.72. The number of halogens is 1. The van der Waals surface area contributed by atoms with Crippen molar-refractivity contribution in [3.63, 3.8) is 0 Å². The molecule has 4 bridgehead atoms. The topological polar surface area (TPSA) is 75.4 Å². The molecule has 1 aliphatic heterocycles. The smallest absolute Gasteiger partial charge is 0.234 e. The second kappa shape index (κ2) is 8.03. The molecule has 1 aromatic carbocycles. The van der Waals surface area contributed by atoms with Crippen molar-refractivity contribution in [3.05, 3.63) is 34.9 Å². The molecule has 0 aromatic heterocycles. The van der Waals surface area contributed by atoms with Crippen LogP contribution >= 0.6 is 23.4 Å². The fraction of sp³-hybridized carbons (Fsp3) is 0.652. The Kier molecular flexibility index (Phi) is 5.53. The molecule has 5 nitrogen and oxygen atoms in total. The van der Waals surface area contributed by atoms with Crippen molar-refractivity contribution in [2.24, 2.45) is 28.9 Å². The van der Waals surface area contributed by atoms with Gasteiger partial charge in [0.25, 0.3) is 0 Å². The number of carbonyl (C=O) groups is 2. The predicted molar refractivity (Wildman–Crippen MR) is 120 cm³/mol. The molecular weight excluding hydrogens is 418 g/mol. The minimum absolute atomic E-state index is 0.0415. The average molecular weight is 448 g/mol. The molecule has 4 aliphatic carbocycles.